The van der Waals surface area contributed by atoms with E-state index in [0.29, 0.717) is 30.0 Å². The summed E-state index contributed by atoms with van der Waals surface area (Å²) in [6.07, 6.45) is 0.526. The highest BCUT2D eigenvalue weighted by molar-refractivity contribution is 5.95. The molecule has 18 heavy (non-hydrogen) atoms. The normalized spacial score (nSPS) is 11.9. The predicted octanol–water partition coefficient (Wildman–Crippen LogP) is 1.17. The Kier molecular flexibility index (Phi) is 5.45. The van der Waals surface area contributed by atoms with Crippen molar-refractivity contribution in [2.24, 2.45) is 0 Å². The van der Waals surface area contributed by atoms with Crippen LogP contribution in [0.1, 0.15) is 30.6 Å². The van der Waals surface area contributed by atoms with Gasteiger partial charge in [-0.25, -0.2) is 0 Å². The number of benzene rings is 1. The first kappa shape index (κ1) is 14.3. The third kappa shape index (κ3) is 3.92. The lowest BCUT2D eigenvalue weighted by Gasteiger charge is -2.13. The molecule has 0 aliphatic rings. The van der Waals surface area contributed by atoms with Crippen molar-refractivity contribution < 1.29 is 14.6 Å². The first-order valence-corrected chi connectivity index (χ1v) is 6.02. The van der Waals surface area contributed by atoms with Gasteiger partial charge in [0.1, 0.15) is 5.75 Å². The second-order valence-corrected chi connectivity index (χ2v) is 4.07. The number of aliphatic hydroxyl groups excluding tert-OH is 1. The summed E-state index contributed by atoms with van der Waals surface area (Å²) in [6.45, 7) is 4.29. The number of nitrogens with two attached hydrogens (primary N) is 1. The number of amides is 1. The highest BCUT2D eigenvalue weighted by atomic mass is 16.5. The fourth-order valence-corrected chi connectivity index (χ4v) is 1.55. The molecule has 1 rings (SSSR count). The Labute approximate surface area is 107 Å². The molecule has 5 nitrogen and oxygen atoms in total. The largest absolute Gasteiger partial charge is 0.492 e. The number of anilines is 1. The monoisotopic (exact) mass is 252 g/mol. The van der Waals surface area contributed by atoms with E-state index in [1.54, 1.807) is 18.2 Å². The van der Waals surface area contributed by atoms with Gasteiger partial charge in [-0.2, -0.15) is 0 Å². The van der Waals surface area contributed by atoms with Crippen LogP contribution in [0.4, 0.5) is 5.69 Å². The average Bonchev–Trinajstić information content (AvgIpc) is 2.32. The van der Waals surface area contributed by atoms with Gasteiger partial charge < -0.3 is 20.9 Å². The molecule has 1 aromatic rings. The van der Waals surface area contributed by atoms with Crippen molar-refractivity contribution >= 4 is 11.6 Å². The van der Waals surface area contributed by atoms with Gasteiger partial charge in [-0.15, -0.1) is 0 Å². The summed E-state index contributed by atoms with van der Waals surface area (Å²) in [6, 6.07) is 4.87. The molecule has 0 fully saturated rings. The number of rotatable bonds is 6. The van der Waals surface area contributed by atoms with Gasteiger partial charge in [0.05, 0.1) is 12.3 Å². The molecule has 0 aromatic heterocycles. The van der Waals surface area contributed by atoms with E-state index in [1.807, 2.05) is 13.8 Å². The van der Waals surface area contributed by atoms with Gasteiger partial charge in [0.2, 0.25) is 0 Å². The van der Waals surface area contributed by atoms with E-state index in [-0.39, 0.29) is 18.6 Å². The number of nitrogen functional groups attached to an aromatic ring is 1. The van der Waals surface area contributed by atoms with Crippen LogP contribution >= 0.6 is 0 Å². The zero-order valence-corrected chi connectivity index (χ0v) is 10.8. The number of carbonyl (C=O) groups excluding carboxylic acids is 1. The van der Waals surface area contributed by atoms with Crippen LogP contribution in [0.5, 0.6) is 5.75 Å². The molecule has 0 aliphatic carbocycles. The van der Waals surface area contributed by atoms with Gasteiger partial charge in [-0.3, -0.25) is 4.79 Å². The first-order chi connectivity index (χ1) is 8.58. The van der Waals surface area contributed by atoms with Crippen molar-refractivity contribution in [1.29, 1.82) is 0 Å². The zero-order chi connectivity index (χ0) is 13.5. The number of nitrogens with one attached hydrogen (secondary N) is 1. The van der Waals surface area contributed by atoms with Crippen molar-refractivity contribution in [3.8, 4) is 5.75 Å². The van der Waals surface area contributed by atoms with Crippen LogP contribution in [0.2, 0.25) is 0 Å². The molecule has 0 bridgehead atoms. The quantitative estimate of drug-likeness (QED) is 0.663. The van der Waals surface area contributed by atoms with Crippen molar-refractivity contribution in [1.82, 2.24) is 5.32 Å². The Bertz CT molecular complexity index is 407. The van der Waals surface area contributed by atoms with Crippen molar-refractivity contribution in [3.63, 3.8) is 0 Å². The molecule has 4 N–H and O–H groups in total. The minimum atomic E-state index is -0.203. The molecule has 100 valence electrons. The van der Waals surface area contributed by atoms with Gasteiger partial charge in [0.15, 0.2) is 0 Å². The van der Waals surface area contributed by atoms with E-state index < -0.39 is 0 Å². The van der Waals surface area contributed by atoms with Crippen LogP contribution in [-0.4, -0.2) is 30.3 Å². The van der Waals surface area contributed by atoms with Crippen LogP contribution in [-0.2, 0) is 0 Å². The maximum Gasteiger partial charge on any atom is 0.251 e. The van der Waals surface area contributed by atoms with E-state index >= 15 is 0 Å². The van der Waals surface area contributed by atoms with Gasteiger partial charge in [-0.1, -0.05) is 0 Å². The lowest BCUT2D eigenvalue weighted by molar-refractivity contribution is 0.0934. The second-order valence-electron chi connectivity index (χ2n) is 4.07. The van der Waals surface area contributed by atoms with Crippen LogP contribution < -0.4 is 15.8 Å². The molecule has 0 spiro atoms. The Hall–Kier alpha value is -1.75. The van der Waals surface area contributed by atoms with E-state index in [0.717, 1.165) is 0 Å². The average molecular weight is 252 g/mol. The topological polar surface area (TPSA) is 84.6 Å². The lowest BCUT2D eigenvalue weighted by atomic mass is 10.1. The molecule has 1 amide bonds. The molecular weight excluding hydrogens is 232 g/mol. The van der Waals surface area contributed by atoms with E-state index in [2.05, 4.69) is 5.32 Å². The maximum absolute atomic E-state index is 11.9. The Balaban J connectivity index is 2.72. The standard InChI is InChI=1S/C13H20N2O3/c1-3-18-12-5-4-10(8-11(12)14)13(17)15-9(2)6-7-16/h4-5,8-9,16H,3,6-7,14H2,1-2H3,(H,15,17). The third-order valence-electron chi connectivity index (χ3n) is 2.51. The van der Waals surface area contributed by atoms with Crippen LogP contribution in [0.25, 0.3) is 0 Å². The number of hydrogen-bond donors (Lipinski definition) is 3. The van der Waals surface area contributed by atoms with E-state index in [4.69, 9.17) is 15.6 Å². The first-order valence-electron chi connectivity index (χ1n) is 6.02. The number of aliphatic hydroxyl groups is 1. The number of hydrogen-bond acceptors (Lipinski definition) is 4. The summed E-state index contributed by atoms with van der Waals surface area (Å²) in [4.78, 5) is 11.9. The zero-order valence-electron chi connectivity index (χ0n) is 10.8. The van der Waals surface area contributed by atoms with Gasteiger partial charge in [-0.05, 0) is 38.5 Å². The molecule has 0 heterocycles. The van der Waals surface area contributed by atoms with Gasteiger partial charge >= 0.3 is 0 Å². The van der Waals surface area contributed by atoms with Gasteiger partial charge in [0.25, 0.3) is 5.91 Å². The number of carbonyl (C=O) groups is 1. The summed E-state index contributed by atoms with van der Waals surface area (Å²) in [7, 11) is 0. The van der Waals surface area contributed by atoms with Crippen molar-refractivity contribution in [2.45, 2.75) is 26.3 Å². The maximum atomic E-state index is 11.9. The fraction of sp³-hybridized carbons (Fsp3) is 0.462. The summed E-state index contributed by atoms with van der Waals surface area (Å²) >= 11 is 0. The molecule has 1 atom stereocenters. The predicted molar refractivity (Wildman–Crippen MR) is 70.7 cm³/mol. The Morgan fingerprint density at radius 3 is 2.83 bits per heavy atom. The van der Waals surface area contributed by atoms with Crippen molar-refractivity contribution in [3.05, 3.63) is 23.8 Å². The summed E-state index contributed by atoms with van der Waals surface area (Å²) in [5.41, 5.74) is 6.72. The highest BCUT2D eigenvalue weighted by Crippen LogP contribution is 2.22. The Morgan fingerprint density at radius 2 is 2.28 bits per heavy atom. The van der Waals surface area contributed by atoms with Crippen molar-refractivity contribution in [2.75, 3.05) is 18.9 Å². The van der Waals surface area contributed by atoms with Crippen LogP contribution in [0.15, 0.2) is 18.2 Å². The third-order valence-corrected chi connectivity index (χ3v) is 2.51. The molecule has 0 radical (unpaired) electrons. The summed E-state index contributed by atoms with van der Waals surface area (Å²) < 4.78 is 5.30. The number of ether oxygens (including phenoxy) is 1. The molecular formula is C13H20N2O3. The minimum absolute atomic E-state index is 0.0485. The van der Waals surface area contributed by atoms with E-state index in [1.165, 1.54) is 0 Å². The summed E-state index contributed by atoms with van der Waals surface area (Å²) in [5, 5.41) is 11.6. The SMILES string of the molecule is CCOc1ccc(C(=O)NC(C)CCO)cc1N. The molecule has 1 aromatic carbocycles. The molecule has 0 aliphatic heterocycles. The minimum Gasteiger partial charge on any atom is -0.492 e. The van der Waals surface area contributed by atoms with E-state index in [9.17, 15) is 4.79 Å². The smallest absolute Gasteiger partial charge is 0.251 e. The summed E-state index contributed by atoms with van der Waals surface area (Å²) in [5.74, 6) is 0.378. The van der Waals surface area contributed by atoms with Crippen LogP contribution in [0, 0.1) is 0 Å². The van der Waals surface area contributed by atoms with Crippen LogP contribution in [0.3, 0.4) is 0 Å². The molecule has 5 heteroatoms. The van der Waals surface area contributed by atoms with Gasteiger partial charge in [0, 0.05) is 18.2 Å². The second kappa shape index (κ2) is 6.86. The molecule has 0 saturated heterocycles. The molecule has 0 saturated carbocycles. The Morgan fingerprint density at radius 1 is 1.56 bits per heavy atom. The fourth-order valence-electron chi connectivity index (χ4n) is 1.55. The molecule has 1 unspecified atom stereocenters. The lowest BCUT2D eigenvalue weighted by Crippen LogP contribution is -2.33. The highest BCUT2D eigenvalue weighted by Gasteiger charge is 2.11.